The second kappa shape index (κ2) is 6.24. The van der Waals surface area contributed by atoms with Crippen LogP contribution in [0.15, 0.2) is 22.8 Å². The maximum absolute atomic E-state index is 10.6. The number of carbonyl (C=O) groups is 1. The fourth-order valence-corrected chi connectivity index (χ4v) is 1.42. The number of amides is 1. The normalized spacial score (nSPS) is 12.4. The molecule has 0 spiro atoms. The number of furan rings is 1. The van der Waals surface area contributed by atoms with Gasteiger partial charge in [0, 0.05) is 20.0 Å². The Morgan fingerprint density at radius 3 is 2.87 bits per heavy atom. The van der Waals surface area contributed by atoms with Gasteiger partial charge in [-0.1, -0.05) is 6.92 Å². The van der Waals surface area contributed by atoms with E-state index < -0.39 is 0 Å². The fraction of sp³-hybridized carbons (Fsp3) is 0.545. The quantitative estimate of drug-likeness (QED) is 0.699. The topological polar surface area (TPSA) is 54.3 Å². The molecule has 0 aromatic carbocycles. The van der Waals surface area contributed by atoms with Gasteiger partial charge in [0.2, 0.25) is 5.91 Å². The lowest BCUT2D eigenvalue weighted by atomic mass is 10.2. The SMILES string of the molecule is CCC(NCCNC(C)=O)c1ccco1. The van der Waals surface area contributed by atoms with Crippen molar-refractivity contribution < 1.29 is 9.21 Å². The molecule has 84 valence electrons. The van der Waals surface area contributed by atoms with Gasteiger partial charge in [-0.3, -0.25) is 4.79 Å². The van der Waals surface area contributed by atoms with E-state index in [1.807, 2.05) is 12.1 Å². The second-order valence-electron chi connectivity index (χ2n) is 3.41. The molecule has 2 N–H and O–H groups in total. The summed E-state index contributed by atoms with van der Waals surface area (Å²) in [5, 5.41) is 6.06. The third-order valence-electron chi connectivity index (χ3n) is 2.18. The Labute approximate surface area is 90.0 Å². The lowest BCUT2D eigenvalue weighted by Crippen LogP contribution is -2.32. The van der Waals surface area contributed by atoms with Crippen LogP contribution in [0.4, 0.5) is 0 Å². The van der Waals surface area contributed by atoms with Gasteiger partial charge in [-0.2, -0.15) is 0 Å². The van der Waals surface area contributed by atoms with Gasteiger partial charge in [-0.25, -0.2) is 0 Å². The highest BCUT2D eigenvalue weighted by Gasteiger charge is 2.10. The summed E-state index contributed by atoms with van der Waals surface area (Å²) in [6, 6.07) is 4.07. The molecule has 1 aromatic rings. The van der Waals surface area contributed by atoms with Crippen molar-refractivity contribution in [1.29, 1.82) is 0 Å². The zero-order valence-corrected chi connectivity index (χ0v) is 9.25. The van der Waals surface area contributed by atoms with Gasteiger partial charge in [0.05, 0.1) is 12.3 Å². The molecular weight excluding hydrogens is 192 g/mol. The van der Waals surface area contributed by atoms with Crippen LogP contribution in [0.25, 0.3) is 0 Å². The third-order valence-corrected chi connectivity index (χ3v) is 2.18. The van der Waals surface area contributed by atoms with Crippen LogP contribution < -0.4 is 10.6 Å². The van der Waals surface area contributed by atoms with Gasteiger partial charge in [-0.15, -0.1) is 0 Å². The molecule has 1 unspecified atom stereocenters. The van der Waals surface area contributed by atoms with E-state index in [2.05, 4.69) is 17.6 Å². The first-order valence-electron chi connectivity index (χ1n) is 5.25. The van der Waals surface area contributed by atoms with Gasteiger partial charge in [0.1, 0.15) is 5.76 Å². The minimum atomic E-state index is 0.00264. The monoisotopic (exact) mass is 210 g/mol. The van der Waals surface area contributed by atoms with Crippen molar-refractivity contribution in [2.45, 2.75) is 26.3 Å². The number of hydrogen-bond acceptors (Lipinski definition) is 3. The van der Waals surface area contributed by atoms with Crippen molar-refractivity contribution in [1.82, 2.24) is 10.6 Å². The van der Waals surface area contributed by atoms with Crippen LogP contribution in [0.1, 0.15) is 32.1 Å². The predicted octanol–water partition coefficient (Wildman–Crippen LogP) is 1.46. The average Bonchev–Trinajstić information content (AvgIpc) is 2.70. The number of nitrogens with one attached hydrogen (secondary N) is 2. The Hall–Kier alpha value is -1.29. The second-order valence-corrected chi connectivity index (χ2v) is 3.41. The molecule has 4 nitrogen and oxygen atoms in total. The molecule has 15 heavy (non-hydrogen) atoms. The van der Waals surface area contributed by atoms with Crippen molar-refractivity contribution in [2.24, 2.45) is 0 Å². The molecule has 0 aliphatic heterocycles. The van der Waals surface area contributed by atoms with Crippen LogP contribution in [0, 0.1) is 0 Å². The predicted molar refractivity (Wildman–Crippen MR) is 58.4 cm³/mol. The largest absolute Gasteiger partial charge is 0.468 e. The maximum Gasteiger partial charge on any atom is 0.216 e. The first kappa shape index (κ1) is 11.8. The lowest BCUT2D eigenvalue weighted by Gasteiger charge is -2.14. The standard InChI is InChI=1S/C11H18N2O2/c1-3-10(11-5-4-8-15-11)13-7-6-12-9(2)14/h4-5,8,10,13H,3,6-7H2,1-2H3,(H,12,14). The molecule has 0 bridgehead atoms. The molecular formula is C11H18N2O2. The Kier molecular flexibility index (Phi) is 4.90. The minimum absolute atomic E-state index is 0.00264. The Morgan fingerprint density at radius 2 is 2.33 bits per heavy atom. The third kappa shape index (κ3) is 4.16. The summed E-state index contributed by atoms with van der Waals surface area (Å²) in [6.07, 6.45) is 2.64. The van der Waals surface area contributed by atoms with Crippen LogP contribution >= 0.6 is 0 Å². The molecule has 0 saturated heterocycles. The van der Waals surface area contributed by atoms with E-state index in [0.717, 1.165) is 18.7 Å². The molecule has 1 atom stereocenters. The van der Waals surface area contributed by atoms with Gasteiger partial charge in [0.25, 0.3) is 0 Å². The van der Waals surface area contributed by atoms with E-state index in [9.17, 15) is 4.79 Å². The van der Waals surface area contributed by atoms with E-state index in [-0.39, 0.29) is 11.9 Å². The zero-order chi connectivity index (χ0) is 11.1. The summed E-state index contributed by atoms with van der Waals surface area (Å²) in [6.45, 7) is 5.01. The maximum atomic E-state index is 10.6. The van der Waals surface area contributed by atoms with Gasteiger partial charge < -0.3 is 15.1 Å². The molecule has 0 radical (unpaired) electrons. The molecule has 1 rings (SSSR count). The van der Waals surface area contributed by atoms with E-state index in [0.29, 0.717) is 6.54 Å². The minimum Gasteiger partial charge on any atom is -0.468 e. The van der Waals surface area contributed by atoms with Gasteiger partial charge >= 0.3 is 0 Å². The van der Waals surface area contributed by atoms with Gasteiger partial charge in [0.15, 0.2) is 0 Å². The lowest BCUT2D eigenvalue weighted by molar-refractivity contribution is -0.118. The molecule has 1 amide bonds. The molecule has 0 aliphatic carbocycles. The summed E-state index contributed by atoms with van der Waals surface area (Å²) >= 11 is 0. The highest BCUT2D eigenvalue weighted by molar-refractivity contribution is 5.72. The highest BCUT2D eigenvalue weighted by Crippen LogP contribution is 2.15. The smallest absolute Gasteiger partial charge is 0.216 e. The average molecular weight is 210 g/mol. The highest BCUT2D eigenvalue weighted by atomic mass is 16.3. The molecule has 0 fully saturated rings. The molecule has 4 heteroatoms. The van der Waals surface area contributed by atoms with Crippen molar-refractivity contribution in [3.63, 3.8) is 0 Å². The summed E-state index contributed by atoms with van der Waals surface area (Å²) in [5.74, 6) is 0.947. The van der Waals surface area contributed by atoms with Crippen LogP contribution in [0.3, 0.4) is 0 Å². The van der Waals surface area contributed by atoms with Crippen LogP contribution in [0.2, 0.25) is 0 Å². The summed E-state index contributed by atoms with van der Waals surface area (Å²) < 4.78 is 5.31. The molecule has 1 heterocycles. The zero-order valence-electron chi connectivity index (χ0n) is 9.25. The number of hydrogen-bond donors (Lipinski definition) is 2. The fourth-order valence-electron chi connectivity index (χ4n) is 1.42. The Morgan fingerprint density at radius 1 is 1.53 bits per heavy atom. The molecule has 0 saturated carbocycles. The first-order chi connectivity index (χ1) is 7.24. The van der Waals surface area contributed by atoms with Crippen molar-refractivity contribution in [2.75, 3.05) is 13.1 Å². The van der Waals surface area contributed by atoms with Crippen LogP contribution in [0.5, 0.6) is 0 Å². The van der Waals surface area contributed by atoms with Gasteiger partial charge in [-0.05, 0) is 18.6 Å². The van der Waals surface area contributed by atoms with Crippen molar-refractivity contribution in [3.8, 4) is 0 Å². The number of rotatable bonds is 6. The van der Waals surface area contributed by atoms with Crippen LogP contribution in [-0.4, -0.2) is 19.0 Å². The van der Waals surface area contributed by atoms with E-state index in [1.54, 1.807) is 6.26 Å². The summed E-state index contributed by atoms with van der Waals surface area (Å²) in [5.41, 5.74) is 0. The van der Waals surface area contributed by atoms with E-state index in [1.165, 1.54) is 6.92 Å². The summed E-state index contributed by atoms with van der Waals surface area (Å²) in [4.78, 5) is 10.6. The van der Waals surface area contributed by atoms with Crippen LogP contribution in [-0.2, 0) is 4.79 Å². The number of carbonyl (C=O) groups excluding carboxylic acids is 1. The van der Waals surface area contributed by atoms with E-state index >= 15 is 0 Å². The van der Waals surface area contributed by atoms with E-state index in [4.69, 9.17) is 4.42 Å². The Bertz CT molecular complexity index is 283. The molecule has 0 aliphatic rings. The van der Waals surface area contributed by atoms with Crippen molar-refractivity contribution >= 4 is 5.91 Å². The first-order valence-corrected chi connectivity index (χ1v) is 5.25. The Balaban J connectivity index is 2.26. The summed E-state index contributed by atoms with van der Waals surface area (Å²) in [7, 11) is 0. The van der Waals surface area contributed by atoms with Crippen molar-refractivity contribution in [3.05, 3.63) is 24.2 Å². The molecule has 1 aromatic heterocycles.